The summed E-state index contributed by atoms with van der Waals surface area (Å²) in [6.07, 6.45) is 1.53. The Balaban J connectivity index is 3.72. The molecule has 8 heavy (non-hydrogen) atoms. The van der Waals surface area contributed by atoms with E-state index in [1.54, 1.807) is 14.1 Å². The van der Waals surface area contributed by atoms with Crippen LogP contribution >= 0.6 is 0 Å². The third-order valence-electron chi connectivity index (χ3n) is 0.727. The molecule has 0 aromatic heterocycles. The van der Waals surface area contributed by atoms with E-state index in [1.165, 1.54) is 6.21 Å². The van der Waals surface area contributed by atoms with E-state index in [0.29, 0.717) is 5.71 Å². The van der Waals surface area contributed by atoms with Crippen molar-refractivity contribution in [3.8, 4) is 0 Å². The molecule has 0 aliphatic rings. The zero-order chi connectivity index (χ0) is 6.41. The number of rotatable bonds is 2. The highest BCUT2D eigenvalue weighted by Gasteiger charge is 1.84. The number of aliphatic hydroxyl groups excluding tert-OH is 1. The van der Waals surface area contributed by atoms with Gasteiger partial charge in [0.2, 0.25) is 0 Å². The van der Waals surface area contributed by atoms with Gasteiger partial charge in [-0.1, -0.05) is 0 Å². The first-order valence-electron chi connectivity index (χ1n) is 2.33. The molecule has 0 saturated heterocycles. The zero-order valence-corrected chi connectivity index (χ0v) is 5.13. The van der Waals surface area contributed by atoms with Crippen molar-refractivity contribution >= 4 is 11.9 Å². The van der Waals surface area contributed by atoms with E-state index in [9.17, 15) is 0 Å². The number of hydrogen-bond acceptors (Lipinski definition) is 3. The molecule has 0 aliphatic carbocycles. The van der Waals surface area contributed by atoms with E-state index in [-0.39, 0.29) is 6.61 Å². The minimum absolute atomic E-state index is 0.0339. The molecular weight excluding hydrogens is 104 g/mol. The van der Waals surface area contributed by atoms with E-state index >= 15 is 0 Å². The van der Waals surface area contributed by atoms with Crippen molar-refractivity contribution in [1.82, 2.24) is 0 Å². The monoisotopic (exact) mass is 114 g/mol. The minimum Gasteiger partial charge on any atom is -0.390 e. The minimum atomic E-state index is -0.0339. The first-order valence-corrected chi connectivity index (χ1v) is 2.33. The van der Waals surface area contributed by atoms with Gasteiger partial charge in [0.15, 0.2) is 0 Å². The third kappa shape index (κ3) is 2.47. The van der Waals surface area contributed by atoms with Crippen molar-refractivity contribution < 1.29 is 5.11 Å². The standard InChI is InChI=1S/C5H10N2O/c1-6-3-5(4-8)7-2/h3,8H,4H2,1-2H3/b6-3-,7-5+. The molecule has 0 atom stereocenters. The van der Waals surface area contributed by atoms with Crippen molar-refractivity contribution in [2.45, 2.75) is 0 Å². The fourth-order valence-electron chi connectivity index (χ4n) is 0.318. The van der Waals surface area contributed by atoms with Gasteiger partial charge in [0.1, 0.15) is 0 Å². The number of aliphatic imine (C=N–C) groups is 2. The second kappa shape index (κ2) is 4.46. The van der Waals surface area contributed by atoms with Gasteiger partial charge in [-0.3, -0.25) is 9.98 Å². The van der Waals surface area contributed by atoms with Gasteiger partial charge in [-0.2, -0.15) is 0 Å². The summed E-state index contributed by atoms with van der Waals surface area (Å²) in [7, 11) is 3.26. The zero-order valence-electron chi connectivity index (χ0n) is 5.13. The Bertz CT molecular complexity index is 104. The summed E-state index contributed by atoms with van der Waals surface area (Å²) >= 11 is 0. The van der Waals surface area contributed by atoms with Gasteiger partial charge in [-0.05, 0) is 0 Å². The van der Waals surface area contributed by atoms with E-state index in [4.69, 9.17) is 5.11 Å². The van der Waals surface area contributed by atoms with Crippen molar-refractivity contribution in [2.75, 3.05) is 20.7 Å². The highest BCUT2D eigenvalue weighted by Crippen LogP contribution is 1.68. The molecule has 0 heterocycles. The maximum atomic E-state index is 8.44. The molecule has 0 saturated carbocycles. The molecule has 0 aromatic carbocycles. The highest BCUT2D eigenvalue weighted by atomic mass is 16.3. The van der Waals surface area contributed by atoms with Crippen LogP contribution in [0.5, 0.6) is 0 Å². The molecule has 3 nitrogen and oxygen atoms in total. The maximum Gasteiger partial charge on any atom is 0.0863 e. The van der Waals surface area contributed by atoms with Gasteiger partial charge in [0.25, 0.3) is 0 Å². The van der Waals surface area contributed by atoms with Crippen LogP contribution in [0.1, 0.15) is 0 Å². The topological polar surface area (TPSA) is 45.0 Å². The highest BCUT2D eigenvalue weighted by molar-refractivity contribution is 6.31. The van der Waals surface area contributed by atoms with Crippen LogP contribution in [0.25, 0.3) is 0 Å². The number of nitrogens with zero attached hydrogens (tertiary/aromatic N) is 2. The summed E-state index contributed by atoms with van der Waals surface area (Å²) in [5, 5.41) is 8.44. The maximum absolute atomic E-state index is 8.44. The molecule has 0 fully saturated rings. The average Bonchev–Trinajstić information content (AvgIpc) is 1.83. The molecular formula is C5H10N2O. The van der Waals surface area contributed by atoms with Crippen LogP contribution in [0.15, 0.2) is 9.98 Å². The Kier molecular flexibility index (Phi) is 4.07. The second-order valence-corrected chi connectivity index (χ2v) is 1.26. The van der Waals surface area contributed by atoms with Gasteiger partial charge in [0.05, 0.1) is 12.3 Å². The summed E-state index contributed by atoms with van der Waals surface area (Å²) in [6.45, 7) is -0.0339. The van der Waals surface area contributed by atoms with Crippen LogP contribution in [-0.4, -0.2) is 37.7 Å². The van der Waals surface area contributed by atoms with Crippen LogP contribution in [0.4, 0.5) is 0 Å². The fraction of sp³-hybridized carbons (Fsp3) is 0.600. The van der Waals surface area contributed by atoms with Gasteiger partial charge >= 0.3 is 0 Å². The summed E-state index contributed by atoms with van der Waals surface area (Å²) in [4.78, 5) is 7.38. The average molecular weight is 114 g/mol. The summed E-state index contributed by atoms with van der Waals surface area (Å²) in [5.74, 6) is 0. The third-order valence-corrected chi connectivity index (χ3v) is 0.727. The van der Waals surface area contributed by atoms with Crippen LogP contribution in [0, 0.1) is 0 Å². The Morgan fingerprint density at radius 1 is 1.62 bits per heavy atom. The molecule has 0 amide bonds. The first-order chi connectivity index (χ1) is 3.85. The van der Waals surface area contributed by atoms with E-state index in [0.717, 1.165) is 0 Å². The Morgan fingerprint density at radius 2 is 2.25 bits per heavy atom. The second-order valence-electron chi connectivity index (χ2n) is 1.26. The van der Waals surface area contributed by atoms with Gasteiger partial charge < -0.3 is 5.11 Å². The van der Waals surface area contributed by atoms with E-state index in [2.05, 4.69) is 9.98 Å². The molecule has 3 heteroatoms. The predicted molar refractivity (Wildman–Crippen MR) is 34.9 cm³/mol. The lowest BCUT2D eigenvalue weighted by atomic mass is 10.4. The summed E-state index contributed by atoms with van der Waals surface area (Å²) in [5.41, 5.74) is 0.604. The van der Waals surface area contributed by atoms with Gasteiger partial charge in [-0.15, -0.1) is 0 Å². The molecule has 0 unspecified atom stereocenters. The normalized spacial score (nSPS) is 13.1. The van der Waals surface area contributed by atoms with Crippen LogP contribution in [-0.2, 0) is 0 Å². The van der Waals surface area contributed by atoms with Crippen molar-refractivity contribution in [3.05, 3.63) is 0 Å². The van der Waals surface area contributed by atoms with Crippen LogP contribution in [0.3, 0.4) is 0 Å². The molecule has 1 N–H and O–H groups in total. The molecule has 0 rings (SSSR count). The summed E-state index contributed by atoms with van der Waals surface area (Å²) in [6, 6.07) is 0. The number of hydrogen-bond donors (Lipinski definition) is 1. The van der Waals surface area contributed by atoms with E-state index in [1.807, 2.05) is 0 Å². The van der Waals surface area contributed by atoms with Crippen molar-refractivity contribution in [1.29, 1.82) is 0 Å². The van der Waals surface area contributed by atoms with Gasteiger partial charge in [0, 0.05) is 20.3 Å². The molecule has 0 aliphatic heterocycles. The molecule has 0 aromatic rings. The van der Waals surface area contributed by atoms with Gasteiger partial charge in [-0.25, -0.2) is 0 Å². The quantitative estimate of drug-likeness (QED) is 0.494. The molecule has 0 bridgehead atoms. The fourth-order valence-corrected chi connectivity index (χ4v) is 0.318. The Morgan fingerprint density at radius 3 is 2.38 bits per heavy atom. The van der Waals surface area contributed by atoms with E-state index < -0.39 is 0 Å². The first kappa shape index (κ1) is 7.30. The molecule has 0 spiro atoms. The Labute approximate surface area is 48.8 Å². The molecule has 0 radical (unpaired) electrons. The van der Waals surface area contributed by atoms with Crippen molar-refractivity contribution in [3.63, 3.8) is 0 Å². The lowest BCUT2D eigenvalue weighted by Gasteiger charge is -1.87. The molecule has 46 valence electrons. The lowest BCUT2D eigenvalue weighted by molar-refractivity contribution is 0.359. The van der Waals surface area contributed by atoms with Crippen LogP contribution in [0.2, 0.25) is 0 Å². The van der Waals surface area contributed by atoms with Crippen molar-refractivity contribution in [2.24, 2.45) is 9.98 Å². The summed E-state index contributed by atoms with van der Waals surface area (Å²) < 4.78 is 0. The smallest absolute Gasteiger partial charge is 0.0863 e. The number of aliphatic hydroxyl groups is 1. The predicted octanol–water partition coefficient (Wildman–Crippen LogP) is -0.250. The Hall–Kier alpha value is -0.700. The lowest BCUT2D eigenvalue weighted by Crippen LogP contribution is -2.04. The van der Waals surface area contributed by atoms with Crippen LogP contribution < -0.4 is 0 Å². The SMILES string of the molecule is C/N=C\C(CO)=N/C. The largest absolute Gasteiger partial charge is 0.390 e.